The van der Waals surface area contributed by atoms with Gasteiger partial charge in [0.1, 0.15) is 5.60 Å². The van der Waals surface area contributed by atoms with E-state index in [4.69, 9.17) is 9.84 Å². The monoisotopic (exact) mass is 354 g/mol. The van der Waals surface area contributed by atoms with Crippen molar-refractivity contribution in [3.8, 4) is 0 Å². The summed E-state index contributed by atoms with van der Waals surface area (Å²) >= 11 is 1.33. The van der Waals surface area contributed by atoms with Crippen LogP contribution in [0.3, 0.4) is 0 Å². The van der Waals surface area contributed by atoms with Crippen molar-refractivity contribution < 1.29 is 24.2 Å². The van der Waals surface area contributed by atoms with Crippen LogP contribution in [0.25, 0.3) is 0 Å². The maximum atomic E-state index is 11.8. The van der Waals surface area contributed by atoms with E-state index in [9.17, 15) is 14.4 Å². The molecule has 2 amide bonds. The van der Waals surface area contributed by atoms with Crippen LogP contribution in [-0.4, -0.2) is 46.7 Å². The van der Waals surface area contributed by atoms with Gasteiger partial charge in [-0.1, -0.05) is 12.1 Å². The summed E-state index contributed by atoms with van der Waals surface area (Å²) in [7, 11) is 0. The van der Waals surface area contributed by atoms with Gasteiger partial charge in [0.2, 0.25) is 5.91 Å². The normalized spacial score (nSPS) is 10.8. The van der Waals surface area contributed by atoms with E-state index in [0.717, 1.165) is 0 Å². The number of ether oxygens (including phenoxy) is 1. The van der Waals surface area contributed by atoms with E-state index in [2.05, 4.69) is 10.6 Å². The lowest BCUT2D eigenvalue weighted by Crippen LogP contribution is -2.33. The Balaban J connectivity index is 2.28. The van der Waals surface area contributed by atoms with Crippen LogP contribution in [0, 0.1) is 0 Å². The predicted molar refractivity (Wildman–Crippen MR) is 93.6 cm³/mol. The third kappa shape index (κ3) is 7.87. The number of carboxylic acid groups (broad SMARTS) is 1. The number of carbonyl (C=O) groups is 3. The Bertz CT molecular complexity index is 598. The summed E-state index contributed by atoms with van der Waals surface area (Å²) in [6, 6.07) is 6.21. The molecule has 0 aliphatic carbocycles. The zero-order valence-electron chi connectivity index (χ0n) is 13.9. The molecule has 132 valence electrons. The average molecular weight is 354 g/mol. The lowest BCUT2D eigenvalue weighted by atomic mass is 10.2. The molecule has 8 heteroatoms. The number of aromatic carboxylic acids is 1. The number of amides is 2. The number of carbonyl (C=O) groups excluding carboxylic acids is 2. The van der Waals surface area contributed by atoms with Crippen molar-refractivity contribution in [2.75, 3.05) is 23.4 Å². The van der Waals surface area contributed by atoms with Gasteiger partial charge in [-0.05, 0) is 32.9 Å². The molecule has 0 saturated carbocycles. The van der Waals surface area contributed by atoms with Crippen molar-refractivity contribution in [2.45, 2.75) is 26.4 Å². The second-order valence-corrected chi connectivity index (χ2v) is 6.99. The highest BCUT2D eigenvalue weighted by atomic mass is 32.2. The topological polar surface area (TPSA) is 105 Å². The summed E-state index contributed by atoms with van der Waals surface area (Å²) < 4.78 is 5.09. The van der Waals surface area contributed by atoms with Crippen molar-refractivity contribution in [3.05, 3.63) is 29.8 Å². The summed E-state index contributed by atoms with van der Waals surface area (Å²) in [5.41, 5.74) is -0.237. The highest BCUT2D eigenvalue weighted by Crippen LogP contribution is 2.15. The molecule has 0 aliphatic heterocycles. The zero-order valence-corrected chi connectivity index (χ0v) is 14.7. The van der Waals surface area contributed by atoms with E-state index in [1.807, 2.05) is 0 Å². The van der Waals surface area contributed by atoms with E-state index in [-0.39, 0.29) is 22.9 Å². The van der Waals surface area contributed by atoms with Crippen LogP contribution in [0.15, 0.2) is 24.3 Å². The van der Waals surface area contributed by atoms with Crippen molar-refractivity contribution in [3.63, 3.8) is 0 Å². The van der Waals surface area contributed by atoms with Crippen LogP contribution >= 0.6 is 11.8 Å². The van der Waals surface area contributed by atoms with Crippen molar-refractivity contribution >= 4 is 35.4 Å². The number of hydrogen-bond acceptors (Lipinski definition) is 5. The number of alkyl carbamates (subject to hydrolysis) is 1. The summed E-state index contributed by atoms with van der Waals surface area (Å²) in [4.78, 5) is 34.3. The Hall–Kier alpha value is -2.22. The van der Waals surface area contributed by atoms with Crippen LogP contribution in [0.5, 0.6) is 0 Å². The largest absolute Gasteiger partial charge is 0.478 e. The van der Waals surface area contributed by atoms with Crippen LogP contribution < -0.4 is 10.6 Å². The van der Waals surface area contributed by atoms with Gasteiger partial charge in [0.25, 0.3) is 0 Å². The first kappa shape index (κ1) is 19.8. The van der Waals surface area contributed by atoms with Gasteiger partial charge in [-0.25, -0.2) is 9.59 Å². The number of anilines is 1. The van der Waals surface area contributed by atoms with Gasteiger partial charge in [-0.2, -0.15) is 11.8 Å². The highest BCUT2D eigenvalue weighted by molar-refractivity contribution is 7.99. The van der Waals surface area contributed by atoms with Crippen molar-refractivity contribution in [2.24, 2.45) is 0 Å². The first-order valence-corrected chi connectivity index (χ1v) is 8.51. The molecule has 0 aliphatic rings. The maximum Gasteiger partial charge on any atom is 0.407 e. The Morgan fingerprint density at radius 2 is 1.88 bits per heavy atom. The number of thioether (sulfide) groups is 1. The van der Waals surface area contributed by atoms with Crippen molar-refractivity contribution in [1.29, 1.82) is 0 Å². The standard InChI is InChI=1S/C16H22N2O5S/c1-16(2,3)23-15(22)17-8-9-24-10-13(19)18-12-7-5-4-6-11(12)14(20)21/h4-7H,8-10H2,1-3H3,(H,17,22)(H,18,19)(H,20,21). The molecule has 0 heterocycles. The van der Waals surface area contributed by atoms with E-state index in [0.29, 0.717) is 12.3 Å². The molecule has 0 atom stereocenters. The lowest BCUT2D eigenvalue weighted by molar-refractivity contribution is -0.113. The summed E-state index contributed by atoms with van der Waals surface area (Å²) in [5, 5.41) is 14.2. The molecule has 0 saturated heterocycles. The van der Waals surface area contributed by atoms with E-state index < -0.39 is 17.7 Å². The number of benzene rings is 1. The minimum Gasteiger partial charge on any atom is -0.478 e. The molecule has 0 bridgehead atoms. The second-order valence-electron chi connectivity index (χ2n) is 5.88. The number of para-hydroxylation sites is 1. The Labute approximate surface area is 145 Å². The van der Waals surface area contributed by atoms with Gasteiger partial charge >= 0.3 is 12.1 Å². The molecule has 1 aromatic carbocycles. The van der Waals surface area contributed by atoms with Crippen LogP contribution in [0.1, 0.15) is 31.1 Å². The molecule has 24 heavy (non-hydrogen) atoms. The van der Waals surface area contributed by atoms with Gasteiger partial charge in [0, 0.05) is 12.3 Å². The fraction of sp³-hybridized carbons (Fsp3) is 0.438. The Kier molecular flexibility index (Phi) is 7.57. The molecule has 1 aromatic rings. The molecule has 0 aromatic heterocycles. The molecular formula is C16H22N2O5S. The number of nitrogens with one attached hydrogen (secondary N) is 2. The van der Waals surface area contributed by atoms with Gasteiger partial charge < -0.3 is 20.5 Å². The molecule has 7 nitrogen and oxygen atoms in total. The molecule has 3 N–H and O–H groups in total. The Morgan fingerprint density at radius 3 is 2.50 bits per heavy atom. The molecule has 0 radical (unpaired) electrons. The van der Waals surface area contributed by atoms with Crippen LogP contribution in [0.2, 0.25) is 0 Å². The number of hydrogen-bond donors (Lipinski definition) is 3. The molecule has 0 unspecified atom stereocenters. The SMILES string of the molecule is CC(C)(C)OC(=O)NCCSCC(=O)Nc1ccccc1C(=O)O. The predicted octanol–water partition coefficient (Wildman–Crippen LogP) is 2.58. The minimum atomic E-state index is -1.10. The number of carboxylic acids is 1. The second kappa shape index (κ2) is 9.17. The van der Waals surface area contributed by atoms with Crippen LogP contribution in [-0.2, 0) is 9.53 Å². The van der Waals surface area contributed by atoms with Crippen molar-refractivity contribution in [1.82, 2.24) is 5.32 Å². The van der Waals surface area contributed by atoms with Gasteiger partial charge in [0.15, 0.2) is 0 Å². The molecule has 0 spiro atoms. The van der Waals surface area contributed by atoms with Gasteiger partial charge in [-0.3, -0.25) is 4.79 Å². The van der Waals surface area contributed by atoms with E-state index >= 15 is 0 Å². The first-order valence-electron chi connectivity index (χ1n) is 7.36. The summed E-state index contributed by atoms with van der Waals surface area (Å²) in [5.74, 6) is -0.705. The summed E-state index contributed by atoms with van der Waals surface area (Å²) in [6.07, 6.45) is -0.497. The number of rotatable bonds is 7. The molecule has 1 rings (SSSR count). The zero-order chi connectivity index (χ0) is 18.2. The van der Waals surface area contributed by atoms with Crippen LogP contribution in [0.4, 0.5) is 10.5 Å². The van der Waals surface area contributed by atoms with E-state index in [1.54, 1.807) is 32.9 Å². The highest BCUT2D eigenvalue weighted by Gasteiger charge is 2.15. The molecule has 0 fully saturated rings. The Morgan fingerprint density at radius 1 is 1.21 bits per heavy atom. The van der Waals surface area contributed by atoms with Gasteiger partial charge in [-0.15, -0.1) is 0 Å². The summed E-state index contributed by atoms with van der Waals surface area (Å²) in [6.45, 7) is 5.71. The van der Waals surface area contributed by atoms with Gasteiger partial charge in [0.05, 0.1) is 17.0 Å². The lowest BCUT2D eigenvalue weighted by Gasteiger charge is -2.19. The maximum absolute atomic E-state index is 11.8. The van der Waals surface area contributed by atoms with E-state index in [1.165, 1.54) is 23.9 Å². The third-order valence-corrected chi connectivity index (χ3v) is 3.54. The fourth-order valence-corrected chi connectivity index (χ4v) is 2.32. The first-order chi connectivity index (χ1) is 11.2. The quantitative estimate of drug-likeness (QED) is 0.650. The minimum absolute atomic E-state index is 0.0439. The third-order valence-electron chi connectivity index (χ3n) is 2.58. The smallest absolute Gasteiger partial charge is 0.407 e. The fourth-order valence-electron chi connectivity index (χ4n) is 1.67. The molecular weight excluding hydrogens is 332 g/mol. The average Bonchev–Trinajstić information content (AvgIpc) is 2.45.